The zero-order valence-corrected chi connectivity index (χ0v) is 10.3. The predicted molar refractivity (Wildman–Crippen MR) is 70.1 cm³/mol. The second-order valence-electron chi connectivity index (χ2n) is 3.89. The lowest BCUT2D eigenvalue weighted by Gasteiger charge is -2.06. The van der Waals surface area contributed by atoms with Crippen molar-refractivity contribution in [3.63, 3.8) is 0 Å². The minimum Gasteiger partial charge on any atom is -0.346 e. The van der Waals surface area contributed by atoms with Crippen molar-refractivity contribution in [3.8, 4) is 0 Å². The van der Waals surface area contributed by atoms with Crippen LogP contribution in [0, 0.1) is 0 Å². The highest BCUT2D eigenvalue weighted by atomic mass is 35.5. The Labute approximate surface area is 101 Å². The van der Waals surface area contributed by atoms with E-state index in [1.807, 2.05) is 12.1 Å². The van der Waals surface area contributed by atoms with E-state index in [0.717, 1.165) is 36.6 Å². The summed E-state index contributed by atoms with van der Waals surface area (Å²) in [4.78, 5) is 0. The average Bonchev–Trinajstić information content (AvgIpc) is 2.69. The van der Waals surface area contributed by atoms with Gasteiger partial charge in [0, 0.05) is 18.1 Å². The standard InChI is InChI=1S/C13H17ClN2/c1-2-15-8-4-9-16-10-7-11-5-3-6-12(14)13(11)16/h3,5-7,10,15H,2,4,8-9H2,1H3. The molecule has 0 atom stereocenters. The SMILES string of the molecule is CCNCCCn1ccc2cccc(Cl)c21. The number of halogens is 1. The quantitative estimate of drug-likeness (QED) is 0.789. The van der Waals surface area contributed by atoms with Gasteiger partial charge < -0.3 is 9.88 Å². The molecule has 86 valence electrons. The highest BCUT2D eigenvalue weighted by Gasteiger charge is 2.03. The van der Waals surface area contributed by atoms with Crippen molar-refractivity contribution in [3.05, 3.63) is 35.5 Å². The number of aryl methyl sites for hydroxylation is 1. The lowest BCUT2D eigenvalue weighted by atomic mass is 10.2. The molecule has 0 saturated carbocycles. The highest BCUT2D eigenvalue weighted by Crippen LogP contribution is 2.24. The topological polar surface area (TPSA) is 17.0 Å². The van der Waals surface area contributed by atoms with E-state index >= 15 is 0 Å². The van der Waals surface area contributed by atoms with E-state index in [1.54, 1.807) is 0 Å². The van der Waals surface area contributed by atoms with E-state index in [2.05, 4.69) is 35.1 Å². The maximum atomic E-state index is 6.21. The Kier molecular flexibility index (Phi) is 3.86. The Morgan fingerprint density at radius 2 is 2.19 bits per heavy atom. The number of rotatable bonds is 5. The smallest absolute Gasteiger partial charge is 0.0669 e. The number of benzene rings is 1. The summed E-state index contributed by atoms with van der Waals surface area (Å²) in [5.74, 6) is 0. The van der Waals surface area contributed by atoms with Gasteiger partial charge in [-0.05, 0) is 31.6 Å². The molecule has 1 aromatic heterocycles. The third kappa shape index (κ3) is 2.39. The monoisotopic (exact) mass is 236 g/mol. The summed E-state index contributed by atoms with van der Waals surface area (Å²) in [5, 5.41) is 5.38. The molecule has 0 aliphatic heterocycles. The molecule has 0 aliphatic carbocycles. The van der Waals surface area contributed by atoms with Crippen LogP contribution >= 0.6 is 11.6 Å². The van der Waals surface area contributed by atoms with Gasteiger partial charge in [0.15, 0.2) is 0 Å². The maximum Gasteiger partial charge on any atom is 0.0669 e. The van der Waals surface area contributed by atoms with Gasteiger partial charge in [0.2, 0.25) is 0 Å². The van der Waals surface area contributed by atoms with Gasteiger partial charge in [-0.1, -0.05) is 30.7 Å². The van der Waals surface area contributed by atoms with Gasteiger partial charge in [-0.3, -0.25) is 0 Å². The van der Waals surface area contributed by atoms with Crippen LogP contribution in [-0.2, 0) is 6.54 Å². The molecule has 1 N–H and O–H groups in total. The molecule has 3 heteroatoms. The zero-order valence-electron chi connectivity index (χ0n) is 9.54. The van der Waals surface area contributed by atoms with Crippen LogP contribution in [0.2, 0.25) is 5.02 Å². The molecule has 0 aliphatic rings. The second kappa shape index (κ2) is 5.37. The summed E-state index contributed by atoms with van der Waals surface area (Å²) in [5.41, 5.74) is 1.15. The first-order valence-electron chi connectivity index (χ1n) is 5.77. The maximum absolute atomic E-state index is 6.21. The number of nitrogens with zero attached hydrogens (tertiary/aromatic N) is 1. The summed E-state index contributed by atoms with van der Waals surface area (Å²) in [6.07, 6.45) is 3.24. The summed E-state index contributed by atoms with van der Waals surface area (Å²) in [6.45, 7) is 5.23. The molecule has 0 spiro atoms. The Balaban J connectivity index is 2.12. The lowest BCUT2D eigenvalue weighted by Crippen LogP contribution is -2.15. The molecule has 1 aromatic carbocycles. The van der Waals surface area contributed by atoms with E-state index in [1.165, 1.54) is 5.39 Å². The van der Waals surface area contributed by atoms with Crippen LogP contribution in [0.5, 0.6) is 0 Å². The molecule has 2 nitrogen and oxygen atoms in total. The predicted octanol–water partition coefficient (Wildman–Crippen LogP) is 3.29. The molecule has 0 radical (unpaired) electrons. The van der Waals surface area contributed by atoms with Gasteiger partial charge in [-0.2, -0.15) is 0 Å². The number of fused-ring (bicyclic) bond motifs is 1. The van der Waals surface area contributed by atoms with Gasteiger partial charge in [-0.25, -0.2) is 0 Å². The molecule has 0 amide bonds. The zero-order chi connectivity index (χ0) is 11.4. The van der Waals surface area contributed by atoms with Crippen molar-refractivity contribution >= 4 is 22.5 Å². The van der Waals surface area contributed by atoms with Gasteiger partial charge >= 0.3 is 0 Å². The first-order chi connectivity index (χ1) is 7.83. The van der Waals surface area contributed by atoms with E-state index in [4.69, 9.17) is 11.6 Å². The summed E-state index contributed by atoms with van der Waals surface area (Å²) < 4.78 is 2.23. The Morgan fingerprint density at radius 1 is 1.31 bits per heavy atom. The highest BCUT2D eigenvalue weighted by molar-refractivity contribution is 6.35. The van der Waals surface area contributed by atoms with Crippen molar-refractivity contribution in [1.29, 1.82) is 0 Å². The molecular weight excluding hydrogens is 220 g/mol. The first kappa shape index (κ1) is 11.5. The Bertz CT molecular complexity index is 462. The van der Waals surface area contributed by atoms with E-state index in [0.29, 0.717) is 0 Å². The molecule has 2 aromatic rings. The lowest BCUT2D eigenvalue weighted by molar-refractivity contribution is 0.603. The van der Waals surface area contributed by atoms with Crippen molar-refractivity contribution < 1.29 is 0 Å². The van der Waals surface area contributed by atoms with Crippen LogP contribution in [0.15, 0.2) is 30.5 Å². The average molecular weight is 237 g/mol. The molecule has 16 heavy (non-hydrogen) atoms. The minimum absolute atomic E-state index is 0.839. The molecule has 2 rings (SSSR count). The molecule has 0 unspecified atom stereocenters. The Morgan fingerprint density at radius 3 is 3.00 bits per heavy atom. The van der Waals surface area contributed by atoms with Crippen LogP contribution < -0.4 is 5.32 Å². The van der Waals surface area contributed by atoms with Crippen molar-refractivity contribution in [2.75, 3.05) is 13.1 Å². The first-order valence-corrected chi connectivity index (χ1v) is 6.15. The number of nitrogens with one attached hydrogen (secondary N) is 1. The number of aromatic nitrogens is 1. The van der Waals surface area contributed by atoms with Crippen molar-refractivity contribution in [2.24, 2.45) is 0 Å². The third-order valence-electron chi connectivity index (χ3n) is 2.74. The normalized spacial score (nSPS) is 11.1. The van der Waals surface area contributed by atoms with E-state index < -0.39 is 0 Å². The van der Waals surface area contributed by atoms with Gasteiger partial charge in [-0.15, -0.1) is 0 Å². The van der Waals surface area contributed by atoms with Crippen LogP contribution in [0.3, 0.4) is 0 Å². The largest absolute Gasteiger partial charge is 0.346 e. The number of para-hydroxylation sites is 1. The van der Waals surface area contributed by atoms with Crippen LogP contribution in [0.4, 0.5) is 0 Å². The van der Waals surface area contributed by atoms with Crippen LogP contribution in [0.1, 0.15) is 13.3 Å². The van der Waals surface area contributed by atoms with E-state index in [-0.39, 0.29) is 0 Å². The summed E-state index contributed by atoms with van der Waals surface area (Å²) >= 11 is 6.21. The number of hydrogen-bond donors (Lipinski definition) is 1. The Hall–Kier alpha value is -0.990. The van der Waals surface area contributed by atoms with Crippen LogP contribution in [0.25, 0.3) is 10.9 Å². The van der Waals surface area contributed by atoms with E-state index in [9.17, 15) is 0 Å². The van der Waals surface area contributed by atoms with Gasteiger partial charge in [0.25, 0.3) is 0 Å². The van der Waals surface area contributed by atoms with Crippen molar-refractivity contribution in [1.82, 2.24) is 9.88 Å². The van der Waals surface area contributed by atoms with Gasteiger partial charge in [0.1, 0.15) is 0 Å². The molecule has 1 heterocycles. The molecule has 0 bridgehead atoms. The molecule has 0 fully saturated rings. The fourth-order valence-electron chi connectivity index (χ4n) is 1.95. The minimum atomic E-state index is 0.839. The third-order valence-corrected chi connectivity index (χ3v) is 3.05. The van der Waals surface area contributed by atoms with Crippen LogP contribution in [-0.4, -0.2) is 17.7 Å². The summed E-state index contributed by atoms with van der Waals surface area (Å²) in [6, 6.07) is 8.16. The second-order valence-corrected chi connectivity index (χ2v) is 4.30. The van der Waals surface area contributed by atoms with Gasteiger partial charge in [0.05, 0.1) is 10.5 Å². The molecule has 0 saturated heterocycles. The fourth-order valence-corrected chi connectivity index (χ4v) is 2.24. The number of hydrogen-bond acceptors (Lipinski definition) is 1. The fraction of sp³-hybridized carbons (Fsp3) is 0.385. The van der Waals surface area contributed by atoms with Crippen molar-refractivity contribution in [2.45, 2.75) is 19.9 Å². The molecular formula is C13H17ClN2. The summed E-state index contributed by atoms with van der Waals surface area (Å²) in [7, 11) is 0.